The van der Waals surface area contributed by atoms with Crippen LogP contribution in [-0.4, -0.2) is 17.0 Å². The van der Waals surface area contributed by atoms with E-state index in [2.05, 4.69) is 4.98 Å². The van der Waals surface area contributed by atoms with Gasteiger partial charge in [-0.25, -0.2) is 0 Å². The predicted octanol–water partition coefficient (Wildman–Crippen LogP) is 3.10. The summed E-state index contributed by atoms with van der Waals surface area (Å²) in [7, 11) is 1.57. The van der Waals surface area contributed by atoms with Crippen LogP contribution in [0.15, 0.2) is 36.7 Å². The second kappa shape index (κ2) is 5.34. The molecule has 6 heteroatoms. The summed E-state index contributed by atoms with van der Waals surface area (Å²) in [5, 5.41) is 10.9. The lowest BCUT2D eigenvalue weighted by Crippen LogP contribution is -1.95. The number of aromatic nitrogens is 1. The van der Waals surface area contributed by atoms with Gasteiger partial charge in [0.15, 0.2) is 0 Å². The Labute approximate surface area is 109 Å². The third kappa shape index (κ3) is 2.79. The van der Waals surface area contributed by atoms with Crippen LogP contribution in [0.5, 0.6) is 17.2 Å². The molecule has 0 aliphatic carbocycles. The fourth-order valence-electron chi connectivity index (χ4n) is 1.58. The van der Waals surface area contributed by atoms with Crippen LogP contribution in [0.2, 0.25) is 0 Å². The number of hydrogen-bond acceptors (Lipinski definition) is 5. The second-order valence-electron chi connectivity index (χ2n) is 3.83. The van der Waals surface area contributed by atoms with E-state index in [0.717, 1.165) is 11.8 Å². The van der Waals surface area contributed by atoms with Gasteiger partial charge >= 0.3 is 5.69 Å². The van der Waals surface area contributed by atoms with Crippen LogP contribution < -0.4 is 9.47 Å². The summed E-state index contributed by atoms with van der Waals surface area (Å²) < 4.78 is 10.7. The third-order valence-electron chi connectivity index (χ3n) is 2.56. The molecular formula is C13H12N2O4. The van der Waals surface area contributed by atoms with Crippen LogP contribution in [0.25, 0.3) is 0 Å². The number of nitro groups is 1. The van der Waals surface area contributed by atoms with Crippen molar-refractivity contribution in [3.63, 3.8) is 0 Å². The topological polar surface area (TPSA) is 74.5 Å². The molecule has 6 nitrogen and oxygen atoms in total. The summed E-state index contributed by atoms with van der Waals surface area (Å²) in [6.07, 6.45) is 2.61. The average molecular weight is 260 g/mol. The van der Waals surface area contributed by atoms with Crippen LogP contribution >= 0.6 is 0 Å². The molecule has 0 aliphatic rings. The van der Waals surface area contributed by atoms with Crippen LogP contribution in [0.3, 0.4) is 0 Å². The minimum atomic E-state index is -0.527. The first-order valence-electron chi connectivity index (χ1n) is 5.52. The minimum absolute atomic E-state index is 0.160. The molecule has 0 fully saturated rings. The average Bonchev–Trinajstić information content (AvgIpc) is 2.41. The SMILES string of the molecule is COc1ccc(Oc2ccncc2[N+](=O)[O-])c(C)c1. The number of aryl methyl sites for hydroxylation is 1. The second-order valence-corrected chi connectivity index (χ2v) is 3.83. The van der Waals surface area contributed by atoms with Crippen molar-refractivity contribution >= 4 is 5.69 Å². The first kappa shape index (κ1) is 12.8. The Morgan fingerprint density at radius 3 is 2.68 bits per heavy atom. The van der Waals surface area contributed by atoms with Crippen molar-refractivity contribution < 1.29 is 14.4 Å². The molecule has 98 valence electrons. The number of methoxy groups -OCH3 is 1. The number of ether oxygens (including phenoxy) is 2. The molecule has 1 heterocycles. The van der Waals surface area contributed by atoms with E-state index in [4.69, 9.17) is 9.47 Å². The van der Waals surface area contributed by atoms with Crippen LogP contribution in [0.1, 0.15) is 5.56 Å². The molecule has 0 unspecified atom stereocenters. The van der Waals surface area contributed by atoms with Gasteiger partial charge in [0.05, 0.1) is 12.0 Å². The van der Waals surface area contributed by atoms with E-state index in [1.807, 2.05) is 6.92 Å². The lowest BCUT2D eigenvalue weighted by molar-refractivity contribution is -0.386. The maximum absolute atomic E-state index is 10.9. The molecular weight excluding hydrogens is 248 g/mol. The van der Waals surface area contributed by atoms with Gasteiger partial charge in [0.25, 0.3) is 0 Å². The zero-order valence-corrected chi connectivity index (χ0v) is 10.5. The van der Waals surface area contributed by atoms with Crippen molar-refractivity contribution in [1.82, 2.24) is 4.98 Å². The highest BCUT2D eigenvalue weighted by atomic mass is 16.6. The normalized spacial score (nSPS) is 10.0. The Kier molecular flexibility index (Phi) is 3.61. The lowest BCUT2D eigenvalue weighted by atomic mass is 10.2. The third-order valence-corrected chi connectivity index (χ3v) is 2.56. The molecule has 0 radical (unpaired) electrons. The Balaban J connectivity index is 2.34. The molecule has 0 bridgehead atoms. The molecule has 0 N–H and O–H groups in total. The van der Waals surface area contributed by atoms with Gasteiger partial charge in [0, 0.05) is 12.3 Å². The summed E-state index contributed by atoms with van der Waals surface area (Å²) in [6, 6.07) is 6.69. The van der Waals surface area contributed by atoms with E-state index in [-0.39, 0.29) is 11.4 Å². The van der Waals surface area contributed by atoms with Gasteiger partial charge in [0.2, 0.25) is 5.75 Å². The highest BCUT2D eigenvalue weighted by Gasteiger charge is 2.16. The lowest BCUT2D eigenvalue weighted by Gasteiger charge is -2.09. The first-order chi connectivity index (χ1) is 9.11. The van der Waals surface area contributed by atoms with Crippen molar-refractivity contribution in [1.29, 1.82) is 0 Å². The maximum Gasteiger partial charge on any atom is 0.329 e. The van der Waals surface area contributed by atoms with Gasteiger partial charge in [-0.15, -0.1) is 0 Å². The summed E-state index contributed by atoms with van der Waals surface area (Å²) >= 11 is 0. The molecule has 0 saturated carbocycles. The monoisotopic (exact) mass is 260 g/mol. The van der Waals surface area contributed by atoms with E-state index in [9.17, 15) is 10.1 Å². The number of pyridine rings is 1. The maximum atomic E-state index is 10.9. The van der Waals surface area contributed by atoms with Gasteiger partial charge in [-0.3, -0.25) is 15.1 Å². The summed E-state index contributed by atoms with van der Waals surface area (Å²) in [5.74, 6) is 1.40. The highest BCUT2D eigenvalue weighted by Crippen LogP contribution is 2.32. The molecule has 0 saturated heterocycles. The Bertz CT molecular complexity index is 613. The van der Waals surface area contributed by atoms with E-state index in [1.165, 1.54) is 12.3 Å². The van der Waals surface area contributed by atoms with E-state index < -0.39 is 4.92 Å². The highest BCUT2D eigenvalue weighted by molar-refractivity contribution is 5.48. The zero-order chi connectivity index (χ0) is 13.8. The Morgan fingerprint density at radius 2 is 2.05 bits per heavy atom. The van der Waals surface area contributed by atoms with Crippen molar-refractivity contribution in [2.75, 3.05) is 7.11 Å². The summed E-state index contributed by atoms with van der Waals surface area (Å²) in [4.78, 5) is 14.1. The van der Waals surface area contributed by atoms with Crippen LogP contribution in [-0.2, 0) is 0 Å². The molecule has 19 heavy (non-hydrogen) atoms. The Morgan fingerprint density at radius 1 is 1.26 bits per heavy atom. The molecule has 0 atom stereocenters. The van der Waals surface area contributed by atoms with Gasteiger partial charge in [-0.2, -0.15) is 0 Å². The summed E-state index contributed by atoms with van der Waals surface area (Å²) in [6.45, 7) is 1.84. The molecule has 0 aliphatic heterocycles. The van der Waals surface area contributed by atoms with Gasteiger partial charge in [0.1, 0.15) is 17.7 Å². The van der Waals surface area contributed by atoms with E-state index in [0.29, 0.717) is 11.5 Å². The zero-order valence-electron chi connectivity index (χ0n) is 10.5. The minimum Gasteiger partial charge on any atom is -0.497 e. The summed E-state index contributed by atoms with van der Waals surface area (Å²) in [5.41, 5.74) is 0.656. The molecule has 0 amide bonds. The van der Waals surface area contributed by atoms with Crippen molar-refractivity contribution in [2.24, 2.45) is 0 Å². The van der Waals surface area contributed by atoms with Crippen LogP contribution in [0.4, 0.5) is 5.69 Å². The standard InChI is InChI=1S/C13H12N2O4/c1-9-7-10(18-2)3-4-12(9)19-13-5-6-14-8-11(13)15(16)17/h3-8H,1-2H3. The van der Waals surface area contributed by atoms with Crippen molar-refractivity contribution in [3.8, 4) is 17.2 Å². The largest absolute Gasteiger partial charge is 0.497 e. The molecule has 1 aromatic heterocycles. The van der Waals surface area contributed by atoms with Crippen molar-refractivity contribution in [3.05, 3.63) is 52.3 Å². The fraction of sp³-hybridized carbons (Fsp3) is 0.154. The molecule has 0 spiro atoms. The molecule has 1 aromatic carbocycles. The first-order valence-corrected chi connectivity index (χ1v) is 5.52. The van der Waals surface area contributed by atoms with Crippen LogP contribution in [0, 0.1) is 17.0 Å². The smallest absolute Gasteiger partial charge is 0.329 e. The van der Waals surface area contributed by atoms with E-state index >= 15 is 0 Å². The quantitative estimate of drug-likeness (QED) is 0.623. The predicted molar refractivity (Wildman–Crippen MR) is 68.7 cm³/mol. The number of rotatable bonds is 4. The number of hydrogen-bond donors (Lipinski definition) is 0. The van der Waals surface area contributed by atoms with Gasteiger partial charge in [-0.05, 0) is 30.7 Å². The fourth-order valence-corrected chi connectivity index (χ4v) is 1.58. The van der Waals surface area contributed by atoms with Gasteiger partial charge < -0.3 is 9.47 Å². The number of nitrogens with zero attached hydrogens (tertiary/aromatic N) is 2. The van der Waals surface area contributed by atoms with Crippen molar-refractivity contribution in [2.45, 2.75) is 6.92 Å². The Hall–Kier alpha value is -2.63. The number of benzene rings is 1. The van der Waals surface area contributed by atoms with E-state index in [1.54, 1.807) is 25.3 Å². The van der Waals surface area contributed by atoms with Gasteiger partial charge in [-0.1, -0.05) is 0 Å². The molecule has 2 rings (SSSR count). The molecule has 2 aromatic rings.